The Bertz CT molecular complexity index is 351. The molecule has 0 aromatic heterocycles. The number of terminal acetylenes is 1. The van der Waals surface area contributed by atoms with E-state index in [4.69, 9.17) is 15.6 Å². The van der Waals surface area contributed by atoms with E-state index in [1.54, 1.807) is 0 Å². The van der Waals surface area contributed by atoms with Gasteiger partial charge >= 0.3 is 0 Å². The van der Waals surface area contributed by atoms with Crippen LogP contribution in [0.5, 0.6) is 0 Å². The summed E-state index contributed by atoms with van der Waals surface area (Å²) in [6, 6.07) is 0. The molecule has 0 N–H and O–H groups in total. The molecule has 0 radical (unpaired) electrons. The van der Waals surface area contributed by atoms with Gasteiger partial charge in [-0.25, -0.2) is 0 Å². The minimum absolute atomic E-state index is 0.240. The lowest BCUT2D eigenvalue weighted by Crippen LogP contribution is -2.47. The summed E-state index contributed by atoms with van der Waals surface area (Å²) < 4.78 is 12.9. The SMILES string of the molecule is C#CC[C@@H]1CC[C@@H]([C@H](CCCC)O[Si](C)(C)C(C)(C)C)O1. The average Bonchev–Trinajstić information content (AvgIpc) is 2.82. The molecule has 0 aromatic carbocycles. The number of ether oxygens (including phenoxy) is 1. The average molecular weight is 311 g/mol. The van der Waals surface area contributed by atoms with Gasteiger partial charge < -0.3 is 9.16 Å². The molecule has 0 bridgehead atoms. The Kier molecular flexibility index (Phi) is 6.97. The van der Waals surface area contributed by atoms with E-state index in [2.05, 4.69) is 46.7 Å². The zero-order valence-corrected chi connectivity index (χ0v) is 15.9. The lowest BCUT2D eigenvalue weighted by atomic mass is 10.0. The van der Waals surface area contributed by atoms with E-state index in [0.29, 0.717) is 0 Å². The van der Waals surface area contributed by atoms with E-state index in [1.807, 2.05) is 0 Å². The zero-order chi connectivity index (χ0) is 16.1. The smallest absolute Gasteiger partial charge is 0.192 e. The summed E-state index contributed by atoms with van der Waals surface area (Å²) in [5.74, 6) is 2.73. The van der Waals surface area contributed by atoms with Crippen LogP contribution >= 0.6 is 0 Å². The summed E-state index contributed by atoms with van der Waals surface area (Å²) in [4.78, 5) is 0. The van der Waals surface area contributed by atoms with Crippen LogP contribution in [0.15, 0.2) is 0 Å². The molecule has 0 spiro atoms. The molecule has 1 fully saturated rings. The Hall–Kier alpha value is -0.303. The minimum Gasteiger partial charge on any atom is -0.411 e. The Balaban J connectivity index is 2.71. The van der Waals surface area contributed by atoms with Gasteiger partial charge in [-0.15, -0.1) is 12.3 Å². The molecule has 0 aliphatic carbocycles. The van der Waals surface area contributed by atoms with Crippen LogP contribution in [0.4, 0.5) is 0 Å². The fraction of sp³-hybridized carbons (Fsp3) is 0.889. The number of unbranched alkanes of at least 4 members (excludes halogenated alkanes) is 1. The zero-order valence-electron chi connectivity index (χ0n) is 14.9. The first kappa shape index (κ1) is 18.7. The van der Waals surface area contributed by atoms with E-state index in [0.717, 1.165) is 25.7 Å². The standard InChI is InChI=1S/C18H34O2Si/c1-8-10-12-17(20-21(6,7)18(3,4)5)16-14-13-15(19-16)11-9-2/h2,15-17H,8,10-14H2,1,3-7H3/t15-,16+,17+/m1/s1. The quantitative estimate of drug-likeness (QED) is 0.479. The van der Waals surface area contributed by atoms with Gasteiger partial charge in [0.2, 0.25) is 0 Å². The molecule has 1 heterocycles. The molecular weight excluding hydrogens is 276 g/mol. The third-order valence-electron chi connectivity index (χ3n) is 4.99. The van der Waals surface area contributed by atoms with Crippen molar-refractivity contribution in [1.82, 2.24) is 0 Å². The molecule has 0 saturated carbocycles. The minimum atomic E-state index is -1.75. The predicted molar refractivity (Wildman–Crippen MR) is 92.9 cm³/mol. The van der Waals surface area contributed by atoms with Gasteiger partial charge in [-0.05, 0) is 37.4 Å². The molecule has 1 aliphatic rings. The van der Waals surface area contributed by atoms with Gasteiger partial charge in [0.05, 0.1) is 18.3 Å². The van der Waals surface area contributed by atoms with Gasteiger partial charge in [0.1, 0.15) is 0 Å². The maximum Gasteiger partial charge on any atom is 0.192 e. The van der Waals surface area contributed by atoms with Gasteiger partial charge in [0.25, 0.3) is 0 Å². The topological polar surface area (TPSA) is 18.5 Å². The van der Waals surface area contributed by atoms with E-state index in [9.17, 15) is 0 Å². The van der Waals surface area contributed by atoms with E-state index in [-0.39, 0.29) is 23.4 Å². The Morgan fingerprint density at radius 3 is 2.52 bits per heavy atom. The van der Waals surface area contributed by atoms with Crippen LogP contribution in [-0.2, 0) is 9.16 Å². The molecule has 1 rings (SSSR count). The van der Waals surface area contributed by atoms with Crippen molar-refractivity contribution in [2.45, 2.75) is 103 Å². The molecule has 122 valence electrons. The van der Waals surface area contributed by atoms with Gasteiger partial charge in [-0.3, -0.25) is 0 Å². The van der Waals surface area contributed by atoms with Crippen molar-refractivity contribution in [2.75, 3.05) is 0 Å². The highest BCUT2D eigenvalue weighted by atomic mass is 28.4. The summed E-state index contributed by atoms with van der Waals surface area (Å²) in [5, 5.41) is 0.244. The van der Waals surface area contributed by atoms with Crippen molar-refractivity contribution in [3.05, 3.63) is 0 Å². The normalized spacial score (nSPS) is 24.8. The second-order valence-electron chi connectivity index (χ2n) is 7.84. The lowest BCUT2D eigenvalue weighted by Gasteiger charge is -2.41. The molecule has 1 aliphatic heterocycles. The van der Waals surface area contributed by atoms with Crippen molar-refractivity contribution in [3.63, 3.8) is 0 Å². The predicted octanol–water partition coefficient (Wildman–Crippen LogP) is 5.14. The number of rotatable bonds is 7. The van der Waals surface area contributed by atoms with Crippen molar-refractivity contribution < 1.29 is 9.16 Å². The Morgan fingerprint density at radius 2 is 2.00 bits per heavy atom. The van der Waals surface area contributed by atoms with Gasteiger partial charge in [-0.1, -0.05) is 40.5 Å². The number of hydrogen-bond donors (Lipinski definition) is 0. The summed E-state index contributed by atoms with van der Waals surface area (Å²) in [6.45, 7) is 13.8. The van der Waals surface area contributed by atoms with Gasteiger partial charge in [-0.2, -0.15) is 0 Å². The van der Waals surface area contributed by atoms with Gasteiger partial charge in [0, 0.05) is 6.42 Å². The van der Waals surface area contributed by atoms with Crippen LogP contribution in [0.3, 0.4) is 0 Å². The summed E-state index contributed by atoms with van der Waals surface area (Å²) in [6.07, 6.45) is 12.6. The molecule has 0 unspecified atom stereocenters. The molecule has 1 saturated heterocycles. The first-order valence-electron chi connectivity index (χ1n) is 8.48. The van der Waals surface area contributed by atoms with Crippen molar-refractivity contribution in [2.24, 2.45) is 0 Å². The van der Waals surface area contributed by atoms with Crippen molar-refractivity contribution in [3.8, 4) is 12.3 Å². The third kappa shape index (κ3) is 5.43. The maximum atomic E-state index is 6.68. The molecular formula is C18H34O2Si. The fourth-order valence-corrected chi connectivity index (χ4v) is 3.95. The van der Waals surface area contributed by atoms with Crippen LogP contribution in [0.2, 0.25) is 18.1 Å². The lowest BCUT2D eigenvalue weighted by molar-refractivity contribution is -0.0301. The molecule has 0 aromatic rings. The van der Waals surface area contributed by atoms with Crippen molar-refractivity contribution in [1.29, 1.82) is 0 Å². The second-order valence-corrected chi connectivity index (χ2v) is 12.6. The molecule has 21 heavy (non-hydrogen) atoms. The molecule has 3 heteroatoms. The maximum absolute atomic E-state index is 6.68. The van der Waals surface area contributed by atoms with Crippen LogP contribution in [0.1, 0.15) is 66.2 Å². The molecule has 0 amide bonds. The largest absolute Gasteiger partial charge is 0.411 e. The summed E-state index contributed by atoms with van der Waals surface area (Å²) >= 11 is 0. The monoisotopic (exact) mass is 310 g/mol. The van der Waals surface area contributed by atoms with Crippen LogP contribution in [0, 0.1) is 12.3 Å². The van der Waals surface area contributed by atoms with E-state index >= 15 is 0 Å². The Labute approximate surface area is 133 Å². The number of hydrogen-bond acceptors (Lipinski definition) is 2. The van der Waals surface area contributed by atoms with Gasteiger partial charge in [0.15, 0.2) is 8.32 Å². The Morgan fingerprint density at radius 1 is 1.33 bits per heavy atom. The second kappa shape index (κ2) is 7.81. The van der Waals surface area contributed by atoms with Crippen LogP contribution < -0.4 is 0 Å². The first-order chi connectivity index (χ1) is 9.71. The summed E-state index contributed by atoms with van der Waals surface area (Å²) in [5.41, 5.74) is 0. The summed E-state index contributed by atoms with van der Waals surface area (Å²) in [7, 11) is -1.75. The third-order valence-corrected chi connectivity index (χ3v) is 9.50. The first-order valence-corrected chi connectivity index (χ1v) is 11.4. The van der Waals surface area contributed by atoms with Crippen LogP contribution in [-0.4, -0.2) is 26.6 Å². The fourth-order valence-electron chi connectivity index (χ4n) is 2.57. The van der Waals surface area contributed by atoms with Crippen LogP contribution in [0.25, 0.3) is 0 Å². The van der Waals surface area contributed by atoms with E-state index < -0.39 is 8.32 Å². The highest BCUT2D eigenvalue weighted by Gasteiger charge is 2.42. The highest BCUT2D eigenvalue weighted by molar-refractivity contribution is 6.74. The molecule has 3 atom stereocenters. The molecule has 2 nitrogen and oxygen atoms in total. The van der Waals surface area contributed by atoms with E-state index in [1.165, 1.54) is 12.8 Å². The van der Waals surface area contributed by atoms with Crippen molar-refractivity contribution >= 4 is 8.32 Å². The highest BCUT2D eigenvalue weighted by Crippen LogP contribution is 2.39.